The van der Waals surface area contributed by atoms with Crippen LogP contribution >= 0.6 is 11.6 Å². The number of aromatic nitrogens is 1. The van der Waals surface area contributed by atoms with Gasteiger partial charge in [0.15, 0.2) is 11.6 Å². The van der Waals surface area contributed by atoms with Crippen LogP contribution in [0, 0.1) is 11.7 Å². The van der Waals surface area contributed by atoms with Crippen molar-refractivity contribution in [2.24, 2.45) is 5.92 Å². The molecule has 1 N–H and O–H groups in total. The highest BCUT2D eigenvalue weighted by molar-refractivity contribution is 6.30. The molecule has 3 aromatic rings. The summed E-state index contributed by atoms with van der Waals surface area (Å²) in [5, 5.41) is 4.47. The van der Waals surface area contributed by atoms with Crippen molar-refractivity contribution in [2.45, 2.75) is 18.9 Å². The average Bonchev–Trinajstić information content (AvgIpc) is 2.83. The Labute approximate surface area is 194 Å². The Hall–Kier alpha value is -2.47. The molecule has 1 aromatic heterocycles. The van der Waals surface area contributed by atoms with Crippen LogP contribution in [0.3, 0.4) is 0 Å². The van der Waals surface area contributed by atoms with Crippen molar-refractivity contribution in [3.05, 3.63) is 95.0 Å². The lowest BCUT2D eigenvalue weighted by Crippen LogP contribution is -2.40. The molecule has 1 saturated heterocycles. The Morgan fingerprint density at radius 2 is 1.78 bits per heavy atom. The fourth-order valence-corrected chi connectivity index (χ4v) is 4.27. The highest BCUT2D eigenvalue weighted by Crippen LogP contribution is 2.24. The standard InChI is InChI=1S/C26H29ClFN3O/c27-22-10-8-21(9-11-22)26(24-6-3-4-14-29-24)30-19-20-12-15-31(16-13-20)17-18-32-25-7-2-1-5-23(25)28/h1-11,14,20,26,30H,12-13,15-19H2/t26-/m1/s1. The molecule has 0 amide bonds. The van der Waals surface area contributed by atoms with E-state index in [1.54, 1.807) is 18.2 Å². The summed E-state index contributed by atoms with van der Waals surface area (Å²) in [6, 6.07) is 20.6. The van der Waals surface area contributed by atoms with Crippen molar-refractivity contribution in [3.63, 3.8) is 0 Å². The molecular formula is C26H29ClFN3O. The number of ether oxygens (including phenoxy) is 1. The van der Waals surface area contributed by atoms with Gasteiger partial charge in [0.2, 0.25) is 0 Å². The van der Waals surface area contributed by atoms with Crippen LogP contribution in [0.25, 0.3) is 0 Å². The summed E-state index contributed by atoms with van der Waals surface area (Å²) in [6.07, 6.45) is 4.09. The van der Waals surface area contributed by atoms with E-state index < -0.39 is 0 Å². The SMILES string of the molecule is Fc1ccccc1OCCN1CCC(CN[C@H](c2ccc(Cl)cc2)c2ccccn2)CC1. The van der Waals surface area contributed by atoms with Crippen LogP contribution in [-0.2, 0) is 0 Å². The number of nitrogens with zero attached hydrogens (tertiary/aromatic N) is 2. The summed E-state index contributed by atoms with van der Waals surface area (Å²) in [5.74, 6) is 0.632. The number of halogens is 2. The number of rotatable bonds is 9. The first-order chi connectivity index (χ1) is 15.7. The number of hydrogen-bond donors (Lipinski definition) is 1. The summed E-state index contributed by atoms with van der Waals surface area (Å²) in [7, 11) is 0. The normalized spacial score (nSPS) is 16.1. The quantitative estimate of drug-likeness (QED) is 0.474. The number of likely N-dealkylation sites (tertiary alicyclic amines) is 1. The third-order valence-electron chi connectivity index (χ3n) is 6.01. The molecule has 2 heterocycles. The fraction of sp³-hybridized carbons (Fsp3) is 0.346. The van der Waals surface area contributed by atoms with Crippen LogP contribution in [0.2, 0.25) is 5.02 Å². The Kier molecular flexibility index (Phi) is 8.10. The first kappa shape index (κ1) is 22.7. The predicted molar refractivity (Wildman–Crippen MR) is 127 cm³/mol. The van der Waals surface area contributed by atoms with Gasteiger partial charge in [0.1, 0.15) is 6.61 Å². The molecule has 0 spiro atoms. The number of nitrogens with one attached hydrogen (secondary N) is 1. The van der Waals surface area contributed by atoms with E-state index in [1.807, 2.05) is 30.5 Å². The van der Waals surface area contributed by atoms with Crippen molar-refractivity contribution in [1.29, 1.82) is 0 Å². The lowest BCUT2D eigenvalue weighted by molar-refractivity contribution is 0.151. The molecule has 0 saturated carbocycles. The molecule has 4 rings (SSSR count). The van der Waals surface area contributed by atoms with Gasteiger partial charge in [-0.2, -0.15) is 0 Å². The van der Waals surface area contributed by atoms with E-state index in [1.165, 1.54) is 6.07 Å². The van der Waals surface area contributed by atoms with Crippen LogP contribution in [0.5, 0.6) is 5.75 Å². The zero-order chi connectivity index (χ0) is 22.2. The average molecular weight is 454 g/mol. The summed E-state index contributed by atoms with van der Waals surface area (Å²) in [6.45, 7) is 4.31. The zero-order valence-electron chi connectivity index (χ0n) is 18.1. The van der Waals surface area contributed by atoms with E-state index in [9.17, 15) is 4.39 Å². The van der Waals surface area contributed by atoms with E-state index in [0.29, 0.717) is 18.3 Å². The molecule has 32 heavy (non-hydrogen) atoms. The van der Waals surface area contributed by atoms with Crippen LogP contribution < -0.4 is 10.1 Å². The minimum atomic E-state index is -0.305. The van der Waals surface area contributed by atoms with Crippen LogP contribution in [0.4, 0.5) is 4.39 Å². The third-order valence-corrected chi connectivity index (χ3v) is 6.26. The number of pyridine rings is 1. The first-order valence-electron chi connectivity index (χ1n) is 11.2. The van der Waals surface area contributed by atoms with E-state index in [-0.39, 0.29) is 11.9 Å². The minimum Gasteiger partial charge on any atom is -0.489 e. The van der Waals surface area contributed by atoms with Gasteiger partial charge in [-0.25, -0.2) is 4.39 Å². The van der Waals surface area contributed by atoms with Gasteiger partial charge in [0.05, 0.1) is 11.7 Å². The van der Waals surface area contributed by atoms with Gasteiger partial charge in [-0.3, -0.25) is 9.88 Å². The molecule has 0 radical (unpaired) electrons. The molecule has 2 aromatic carbocycles. The number of benzene rings is 2. The molecule has 1 aliphatic heterocycles. The van der Waals surface area contributed by atoms with E-state index in [0.717, 1.165) is 55.3 Å². The molecule has 1 atom stereocenters. The first-order valence-corrected chi connectivity index (χ1v) is 11.6. The van der Waals surface area contributed by atoms with Gasteiger partial charge in [0.25, 0.3) is 0 Å². The fourth-order valence-electron chi connectivity index (χ4n) is 4.14. The van der Waals surface area contributed by atoms with Gasteiger partial charge in [-0.15, -0.1) is 0 Å². The van der Waals surface area contributed by atoms with E-state index >= 15 is 0 Å². The maximum absolute atomic E-state index is 13.7. The molecule has 0 aliphatic carbocycles. The Balaban J connectivity index is 1.25. The maximum Gasteiger partial charge on any atom is 0.165 e. The number of hydrogen-bond acceptors (Lipinski definition) is 4. The second-order valence-corrected chi connectivity index (χ2v) is 8.65. The van der Waals surface area contributed by atoms with Crippen molar-refractivity contribution >= 4 is 11.6 Å². The Morgan fingerprint density at radius 3 is 2.50 bits per heavy atom. The number of para-hydroxylation sites is 1. The number of piperidine rings is 1. The summed E-state index contributed by atoms with van der Waals surface area (Å²) in [5.41, 5.74) is 2.17. The van der Waals surface area contributed by atoms with Gasteiger partial charge in [-0.1, -0.05) is 41.9 Å². The van der Waals surface area contributed by atoms with E-state index in [2.05, 4.69) is 33.4 Å². The van der Waals surface area contributed by atoms with Gasteiger partial charge in [-0.05, 0) is 80.4 Å². The topological polar surface area (TPSA) is 37.4 Å². The molecule has 0 unspecified atom stereocenters. The molecule has 6 heteroatoms. The summed E-state index contributed by atoms with van der Waals surface area (Å²) >= 11 is 6.09. The zero-order valence-corrected chi connectivity index (χ0v) is 18.8. The highest BCUT2D eigenvalue weighted by atomic mass is 35.5. The smallest absolute Gasteiger partial charge is 0.165 e. The summed E-state index contributed by atoms with van der Waals surface area (Å²) < 4.78 is 19.3. The molecule has 1 fully saturated rings. The lowest BCUT2D eigenvalue weighted by Gasteiger charge is -2.33. The highest BCUT2D eigenvalue weighted by Gasteiger charge is 2.22. The van der Waals surface area contributed by atoms with Crippen LogP contribution in [0.15, 0.2) is 72.9 Å². The maximum atomic E-state index is 13.7. The van der Waals surface area contributed by atoms with Crippen molar-refractivity contribution < 1.29 is 9.13 Å². The monoisotopic (exact) mass is 453 g/mol. The van der Waals surface area contributed by atoms with Crippen LogP contribution in [0.1, 0.15) is 30.1 Å². The van der Waals surface area contributed by atoms with Crippen molar-refractivity contribution in [2.75, 3.05) is 32.8 Å². The summed E-state index contributed by atoms with van der Waals surface area (Å²) in [4.78, 5) is 6.97. The lowest BCUT2D eigenvalue weighted by atomic mass is 9.95. The van der Waals surface area contributed by atoms with Crippen molar-refractivity contribution in [3.8, 4) is 5.75 Å². The van der Waals surface area contributed by atoms with Gasteiger partial charge < -0.3 is 10.1 Å². The van der Waals surface area contributed by atoms with Gasteiger partial charge >= 0.3 is 0 Å². The third kappa shape index (κ3) is 6.28. The molecule has 0 bridgehead atoms. The molecule has 168 valence electrons. The second kappa shape index (κ2) is 11.4. The predicted octanol–water partition coefficient (Wildman–Crippen LogP) is 5.34. The molecule has 1 aliphatic rings. The molecular weight excluding hydrogens is 425 g/mol. The molecule has 4 nitrogen and oxygen atoms in total. The largest absolute Gasteiger partial charge is 0.489 e. The van der Waals surface area contributed by atoms with E-state index in [4.69, 9.17) is 16.3 Å². The minimum absolute atomic E-state index is 0.0423. The van der Waals surface area contributed by atoms with Crippen molar-refractivity contribution in [1.82, 2.24) is 15.2 Å². The Morgan fingerprint density at radius 1 is 1.03 bits per heavy atom. The second-order valence-electron chi connectivity index (χ2n) is 8.21. The van der Waals surface area contributed by atoms with Gasteiger partial charge in [0, 0.05) is 17.8 Å². The Bertz CT molecular complexity index is 962. The van der Waals surface area contributed by atoms with Crippen LogP contribution in [-0.4, -0.2) is 42.7 Å².